The summed E-state index contributed by atoms with van der Waals surface area (Å²) in [6.07, 6.45) is 7.56. The van der Waals surface area contributed by atoms with Crippen LogP contribution in [0.4, 0.5) is 0 Å². The molecule has 0 unspecified atom stereocenters. The summed E-state index contributed by atoms with van der Waals surface area (Å²) in [5, 5.41) is 8.47. The topological polar surface area (TPSA) is 37.3 Å². The SMILES string of the molecule is CCC1(CCCC(=O)O)CCC1. The smallest absolute Gasteiger partial charge is 0.303 e. The summed E-state index contributed by atoms with van der Waals surface area (Å²) >= 11 is 0. The molecule has 0 heterocycles. The van der Waals surface area contributed by atoms with Crippen LogP contribution >= 0.6 is 0 Å². The van der Waals surface area contributed by atoms with Crippen molar-refractivity contribution in [3.8, 4) is 0 Å². The standard InChI is InChI=1S/C10H18O2/c1-2-10(7-4-8-10)6-3-5-9(11)12/h2-8H2,1H3,(H,11,12). The Morgan fingerprint density at radius 2 is 2.17 bits per heavy atom. The largest absolute Gasteiger partial charge is 0.481 e. The third kappa shape index (κ3) is 2.23. The maximum absolute atomic E-state index is 10.3. The first-order valence-electron chi connectivity index (χ1n) is 4.90. The number of aliphatic carboxylic acids is 1. The highest BCUT2D eigenvalue weighted by molar-refractivity contribution is 5.66. The number of hydrogen-bond donors (Lipinski definition) is 1. The van der Waals surface area contributed by atoms with Gasteiger partial charge in [-0.3, -0.25) is 4.79 Å². The predicted molar refractivity (Wildman–Crippen MR) is 48.1 cm³/mol. The molecule has 1 aliphatic carbocycles. The van der Waals surface area contributed by atoms with Gasteiger partial charge < -0.3 is 5.11 Å². The van der Waals surface area contributed by atoms with Crippen LogP contribution in [-0.4, -0.2) is 11.1 Å². The van der Waals surface area contributed by atoms with Crippen LogP contribution in [-0.2, 0) is 4.79 Å². The van der Waals surface area contributed by atoms with Gasteiger partial charge in [-0.2, -0.15) is 0 Å². The molecule has 1 N–H and O–H groups in total. The van der Waals surface area contributed by atoms with E-state index in [0.29, 0.717) is 11.8 Å². The molecule has 0 spiro atoms. The van der Waals surface area contributed by atoms with Gasteiger partial charge in [0.2, 0.25) is 0 Å². The fourth-order valence-electron chi connectivity index (χ4n) is 2.07. The Morgan fingerprint density at radius 1 is 1.50 bits per heavy atom. The summed E-state index contributed by atoms with van der Waals surface area (Å²) in [5.74, 6) is -0.652. The molecule has 0 atom stereocenters. The number of carboxylic acids is 1. The van der Waals surface area contributed by atoms with E-state index in [-0.39, 0.29) is 0 Å². The van der Waals surface area contributed by atoms with E-state index in [0.717, 1.165) is 12.8 Å². The summed E-state index contributed by atoms with van der Waals surface area (Å²) in [6.45, 7) is 2.22. The van der Waals surface area contributed by atoms with Crippen LogP contribution in [0.15, 0.2) is 0 Å². The lowest BCUT2D eigenvalue weighted by Gasteiger charge is -2.41. The minimum atomic E-state index is -0.652. The lowest BCUT2D eigenvalue weighted by molar-refractivity contribution is -0.137. The van der Waals surface area contributed by atoms with Crippen LogP contribution in [0, 0.1) is 5.41 Å². The molecule has 1 aliphatic rings. The lowest BCUT2D eigenvalue weighted by Crippen LogP contribution is -2.28. The van der Waals surface area contributed by atoms with E-state index in [4.69, 9.17) is 5.11 Å². The van der Waals surface area contributed by atoms with Crippen molar-refractivity contribution in [3.63, 3.8) is 0 Å². The quantitative estimate of drug-likeness (QED) is 0.688. The molecule has 1 saturated carbocycles. The van der Waals surface area contributed by atoms with E-state index in [1.165, 1.54) is 25.7 Å². The summed E-state index contributed by atoms with van der Waals surface area (Å²) in [4.78, 5) is 10.3. The fourth-order valence-corrected chi connectivity index (χ4v) is 2.07. The molecule has 1 rings (SSSR count). The molecular weight excluding hydrogens is 152 g/mol. The highest BCUT2D eigenvalue weighted by atomic mass is 16.4. The Hall–Kier alpha value is -0.530. The second-order valence-corrected chi connectivity index (χ2v) is 3.95. The van der Waals surface area contributed by atoms with Crippen molar-refractivity contribution in [2.75, 3.05) is 0 Å². The van der Waals surface area contributed by atoms with Gasteiger partial charge in [-0.1, -0.05) is 19.8 Å². The van der Waals surface area contributed by atoms with Gasteiger partial charge in [0.05, 0.1) is 0 Å². The van der Waals surface area contributed by atoms with Gasteiger partial charge in [-0.05, 0) is 31.1 Å². The molecule has 0 radical (unpaired) electrons. The van der Waals surface area contributed by atoms with Gasteiger partial charge in [0.1, 0.15) is 0 Å². The molecule has 0 saturated heterocycles. The van der Waals surface area contributed by atoms with Crippen LogP contribution in [0.25, 0.3) is 0 Å². The molecule has 70 valence electrons. The van der Waals surface area contributed by atoms with Gasteiger partial charge in [0.15, 0.2) is 0 Å². The summed E-state index contributed by atoms with van der Waals surface area (Å²) in [7, 11) is 0. The Bertz CT molecular complexity index is 154. The molecule has 0 aromatic heterocycles. The van der Waals surface area contributed by atoms with E-state index < -0.39 is 5.97 Å². The van der Waals surface area contributed by atoms with E-state index in [2.05, 4.69) is 6.92 Å². The minimum Gasteiger partial charge on any atom is -0.481 e. The predicted octanol–water partition coefficient (Wildman–Crippen LogP) is 2.82. The van der Waals surface area contributed by atoms with Crippen LogP contribution in [0.1, 0.15) is 51.9 Å². The first-order valence-corrected chi connectivity index (χ1v) is 4.90. The van der Waals surface area contributed by atoms with Crippen molar-refractivity contribution >= 4 is 5.97 Å². The highest BCUT2D eigenvalue weighted by Gasteiger charge is 2.34. The summed E-state index contributed by atoms with van der Waals surface area (Å²) < 4.78 is 0. The Morgan fingerprint density at radius 3 is 2.50 bits per heavy atom. The fraction of sp³-hybridized carbons (Fsp3) is 0.900. The zero-order valence-electron chi connectivity index (χ0n) is 7.81. The van der Waals surface area contributed by atoms with Gasteiger partial charge >= 0.3 is 5.97 Å². The van der Waals surface area contributed by atoms with Crippen molar-refractivity contribution < 1.29 is 9.90 Å². The zero-order chi connectivity index (χ0) is 9.03. The van der Waals surface area contributed by atoms with Crippen LogP contribution in [0.3, 0.4) is 0 Å². The average Bonchev–Trinajstić information content (AvgIpc) is 1.94. The number of rotatable bonds is 5. The summed E-state index contributed by atoms with van der Waals surface area (Å²) in [6, 6.07) is 0. The molecule has 2 nitrogen and oxygen atoms in total. The third-order valence-corrected chi connectivity index (χ3v) is 3.26. The van der Waals surface area contributed by atoms with Crippen LogP contribution in [0.2, 0.25) is 0 Å². The molecule has 0 aromatic rings. The number of carboxylic acid groups (broad SMARTS) is 1. The average molecular weight is 170 g/mol. The molecule has 0 bridgehead atoms. The van der Waals surface area contributed by atoms with E-state index in [1.54, 1.807) is 0 Å². The summed E-state index contributed by atoms with van der Waals surface area (Å²) in [5.41, 5.74) is 0.537. The van der Waals surface area contributed by atoms with E-state index >= 15 is 0 Å². The molecule has 0 aromatic carbocycles. The van der Waals surface area contributed by atoms with Gasteiger partial charge in [0, 0.05) is 6.42 Å². The molecule has 1 fully saturated rings. The zero-order valence-corrected chi connectivity index (χ0v) is 7.81. The van der Waals surface area contributed by atoms with Gasteiger partial charge in [-0.15, -0.1) is 0 Å². The van der Waals surface area contributed by atoms with Gasteiger partial charge in [-0.25, -0.2) is 0 Å². The second kappa shape index (κ2) is 3.92. The third-order valence-electron chi connectivity index (χ3n) is 3.26. The van der Waals surface area contributed by atoms with Crippen molar-refractivity contribution in [2.45, 2.75) is 51.9 Å². The second-order valence-electron chi connectivity index (χ2n) is 3.95. The Kier molecular flexibility index (Phi) is 3.12. The minimum absolute atomic E-state index is 0.349. The number of hydrogen-bond acceptors (Lipinski definition) is 1. The van der Waals surface area contributed by atoms with Gasteiger partial charge in [0.25, 0.3) is 0 Å². The van der Waals surface area contributed by atoms with E-state index in [1.807, 2.05) is 0 Å². The normalized spacial score (nSPS) is 20.1. The van der Waals surface area contributed by atoms with E-state index in [9.17, 15) is 4.79 Å². The molecule has 0 amide bonds. The van der Waals surface area contributed by atoms with Crippen molar-refractivity contribution in [1.29, 1.82) is 0 Å². The lowest BCUT2D eigenvalue weighted by atomic mass is 9.64. The molecule has 12 heavy (non-hydrogen) atoms. The molecule has 0 aliphatic heterocycles. The van der Waals surface area contributed by atoms with Crippen molar-refractivity contribution in [1.82, 2.24) is 0 Å². The van der Waals surface area contributed by atoms with Crippen LogP contribution in [0.5, 0.6) is 0 Å². The Labute approximate surface area is 74.0 Å². The van der Waals surface area contributed by atoms with Crippen molar-refractivity contribution in [2.24, 2.45) is 5.41 Å². The highest BCUT2D eigenvalue weighted by Crippen LogP contribution is 2.47. The first kappa shape index (κ1) is 9.56. The Balaban J connectivity index is 2.16. The number of carbonyl (C=O) groups is 1. The van der Waals surface area contributed by atoms with Crippen molar-refractivity contribution in [3.05, 3.63) is 0 Å². The monoisotopic (exact) mass is 170 g/mol. The van der Waals surface area contributed by atoms with Crippen LogP contribution < -0.4 is 0 Å². The first-order chi connectivity index (χ1) is 5.68. The molecule has 2 heteroatoms. The maximum Gasteiger partial charge on any atom is 0.303 e. The maximum atomic E-state index is 10.3. The molecular formula is C10H18O2.